The van der Waals surface area contributed by atoms with Crippen LogP contribution in [0.2, 0.25) is 0 Å². The van der Waals surface area contributed by atoms with Crippen molar-refractivity contribution in [1.29, 1.82) is 0 Å². The SMILES string of the molecule is CS(=O)(=O)c1cc2cccnc2o1. The van der Waals surface area contributed by atoms with Crippen molar-refractivity contribution in [3.8, 4) is 0 Å². The molecule has 0 saturated carbocycles. The van der Waals surface area contributed by atoms with Crippen molar-refractivity contribution < 1.29 is 12.8 Å². The quantitative estimate of drug-likeness (QED) is 0.689. The fourth-order valence-electron chi connectivity index (χ4n) is 1.03. The van der Waals surface area contributed by atoms with Crippen LogP contribution < -0.4 is 0 Å². The Balaban J connectivity index is 2.77. The van der Waals surface area contributed by atoms with Gasteiger partial charge in [0.1, 0.15) is 0 Å². The predicted molar refractivity (Wildman–Crippen MR) is 47.1 cm³/mol. The highest BCUT2D eigenvalue weighted by atomic mass is 32.2. The van der Waals surface area contributed by atoms with Gasteiger partial charge in [0.25, 0.3) is 0 Å². The molecule has 2 aromatic rings. The lowest BCUT2D eigenvalue weighted by Crippen LogP contribution is -1.93. The minimum atomic E-state index is -3.27. The molecule has 0 aliphatic carbocycles. The van der Waals surface area contributed by atoms with Gasteiger partial charge in [0.05, 0.1) is 0 Å². The largest absolute Gasteiger partial charge is 0.426 e. The third-order valence-corrected chi connectivity index (χ3v) is 2.57. The molecule has 2 rings (SSSR count). The van der Waals surface area contributed by atoms with Crippen molar-refractivity contribution in [1.82, 2.24) is 4.98 Å². The van der Waals surface area contributed by atoms with Gasteiger partial charge in [-0.3, -0.25) is 0 Å². The van der Waals surface area contributed by atoms with Gasteiger partial charge < -0.3 is 4.42 Å². The van der Waals surface area contributed by atoms with Gasteiger partial charge in [0.15, 0.2) is 0 Å². The summed E-state index contributed by atoms with van der Waals surface area (Å²) in [5.74, 6) is 0. The molecule has 0 radical (unpaired) electrons. The number of aromatic nitrogens is 1. The molecule has 2 heterocycles. The first-order valence-corrected chi connectivity index (χ1v) is 5.51. The van der Waals surface area contributed by atoms with E-state index >= 15 is 0 Å². The number of pyridine rings is 1. The Morgan fingerprint density at radius 2 is 2.23 bits per heavy atom. The van der Waals surface area contributed by atoms with Crippen molar-refractivity contribution in [3.63, 3.8) is 0 Å². The predicted octanol–water partition coefficient (Wildman–Crippen LogP) is 1.23. The molecule has 0 unspecified atom stereocenters. The van der Waals surface area contributed by atoms with E-state index in [0.29, 0.717) is 11.1 Å². The fraction of sp³-hybridized carbons (Fsp3) is 0.125. The molecule has 0 fully saturated rings. The number of furan rings is 1. The van der Waals surface area contributed by atoms with E-state index < -0.39 is 9.84 Å². The molecular weight excluding hydrogens is 190 g/mol. The minimum absolute atomic E-state index is 0.0406. The lowest BCUT2D eigenvalue weighted by Gasteiger charge is -1.86. The first kappa shape index (κ1) is 8.25. The number of hydrogen-bond donors (Lipinski definition) is 0. The summed E-state index contributed by atoms with van der Waals surface area (Å²) in [4.78, 5) is 3.88. The van der Waals surface area contributed by atoms with Gasteiger partial charge in [-0.05, 0) is 12.1 Å². The molecule has 0 amide bonds. The molecule has 4 nitrogen and oxygen atoms in total. The Morgan fingerprint density at radius 3 is 2.85 bits per heavy atom. The molecule has 0 N–H and O–H groups in total. The van der Waals surface area contributed by atoms with Crippen molar-refractivity contribution in [3.05, 3.63) is 24.4 Å². The highest BCUT2D eigenvalue weighted by molar-refractivity contribution is 7.90. The maximum Gasteiger partial charge on any atom is 0.227 e. The van der Waals surface area contributed by atoms with E-state index in [0.717, 1.165) is 6.26 Å². The topological polar surface area (TPSA) is 60.2 Å². The first-order valence-electron chi connectivity index (χ1n) is 3.62. The second-order valence-electron chi connectivity index (χ2n) is 2.74. The maximum absolute atomic E-state index is 11.1. The van der Waals surface area contributed by atoms with E-state index in [1.165, 1.54) is 6.07 Å². The zero-order valence-electron chi connectivity index (χ0n) is 6.89. The van der Waals surface area contributed by atoms with E-state index in [9.17, 15) is 8.42 Å². The third kappa shape index (κ3) is 1.42. The smallest absolute Gasteiger partial charge is 0.227 e. The van der Waals surface area contributed by atoms with Gasteiger partial charge in [-0.1, -0.05) is 0 Å². The molecule has 0 atom stereocenters. The Kier molecular flexibility index (Phi) is 1.63. The number of hydrogen-bond acceptors (Lipinski definition) is 4. The van der Waals surface area contributed by atoms with Gasteiger partial charge in [0, 0.05) is 23.9 Å². The zero-order valence-corrected chi connectivity index (χ0v) is 7.71. The molecular formula is C8H7NO3S. The van der Waals surface area contributed by atoms with Crippen LogP contribution in [0.4, 0.5) is 0 Å². The highest BCUT2D eigenvalue weighted by Crippen LogP contribution is 2.19. The Bertz CT molecular complexity index is 508. The molecule has 0 aromatic carbocycles. The highest BCUT2D eigenvalue weighted by Gasteiger charge is 2.13. The van der Waals surface area contributed by atoms with Crippen LogP contribution in [0.5, 0.6) is 0 Å². The molecule has 13 heavy (non-hydrogen) atoms. The molecule has 5 heteroatoms. The molecule has 0 spiro atoms. The van der Waals surface area contributed by atoms with Gasteiger partial charge in [-0.2, -0.15) is 0 Å². The van der Waals surface area contributed by atoms with Crippen LogP contribution in [0.25, 0.3) is 11.1 Å². The summed E-state index contributed by atoms with van der Waals surface area (Å²) in [6, 6.07) is 4.95. The van der Waals surface area contributed by atoms with Gasteiger partial charge in [-0.15, -0.1) is 0 Å². The fourth-order valence-corrected chi connectivity index (χ4v) is 1.60. The van der Waals surface area contributed by atoms with Gasteiger partial charge in [0.2, 0.25) is 20.6 Å². The van der Waals surface area contributed by atoms with Crippen molar-refractivity contribution in [2.24, 2.45) is 0 Å². The molecule has 0 aliphatic heterocycles. The lowest BCUT2D eigenvalue weighted by molar-refractivity contribution is 0.477. The van der Waals surface area contributed by atoms with Crippen molar-refractivity contribution in [2.75, 3.05) is 6.26 Å². The van der Waals surface area contributed by atoms with Crippen LogP contribution in [-0.2, 0) is 9.84 Å². The Labute approximate surface area is 75.1 Å². The van der Waals surface area contributed by atoms with Crippen LogP contribution in [0, 0.1) is 0 Å². The average Bonchev–Trinajstić information content (AvgIpc) is 2.45. The monoisotopic (exact) mass is 197 g/mol. The second-order valence-corrected chi connectivity index (χ2v) is 4.68. The summed E-state index contributed by atoms with van der Waals surface area (Å²) in [5, 5.41) is 0.657. The van der Waals surface area contributed by atoms with Crippen LogP contribution in [0.3, 0.4) is 0 Å². The number of fused-ring (bicyclic) bond motifs is 1. The molecule has 2 aromatic heterocycles. The third-order valence-electron chi connectivity index (χ3n) is 1.64. The summed E-state index contributed by atoms with van der Waals surface area (Å²) >= 11 is 0. The number of nitrogens with zero attached hydrogens (tertiary/aromatic N) is 1. The minimum Gasteiger partial charge on any atom is -0.426 e. The Hall–Kier alpha value is -1.36. The van der Waals surface area contributed by atoms with Gasteiger partial charge >= 0.3 is 0 Å². The van der Waals surface area contributed by atoms with Crippen LogP contribution in [-0.4, -0.2) is 19.7 Å². The summed E-state index contributed by atoms with van der Waals surface area (Å²) < 4.78 is 27.2. The number of rotatable bonds is 1. The summed E-state index contributed by atoms with van der Waals surface area (Å²) in [7, 11) is -3.27. The van der Waals surface area contributed by atoms with Crippen molar-refractivity contribution >= 4 is 20.9 Å². The lowest BCUT2D eigenvalue weighted by atomic mass is 10.3. The Morgan fingerprint density at radius 1 is 1.46 bits per heavy atom. The van der Waals surface area contributed by atoms with Crippen molar-refractivity contribution in [2.45, 2.75) is 5.09 Å². The normalized spacial score (nSPS) is 12.1. The maximum atomic E-state index is 11.1. The standard InChI is InChI=1S/C8H7NO3S/c1-13(10,11)7-5-6-3-2-4-9-8(6)12-7/h2-5H,1H3. The van der Waals surface area contributed by atoms with E-state index in [-0.39, 0.29) is 5.09 Å². The average molecular weight is 197 g/mol. The van der Waals surface area contributed by atoms with Crippen LogP contribution >= 0.6 is 0 Å². The summed E-state index contributed by atoms with van der Waals surface area (Å²) in [5.41, 5.74) is 0.350. The molecule has 68 valence electrons. The van der Waals surface area contributed by atoms with E-state index in [4.69, 9.17) is 4.42 Å². The molecule has 0 aliphatic rings. The first-order chi connectivity index (χ1) is 6.07. The summed E-state index contributed by atoms with van der Waals surface area (Å²) in [6.07, 6.45) is 2.66. The second kappa shape index (κ2) is 2.56. The molecule has 0 bridgehead atoms. The van der Waals surface area contributed by atoms with Gasteiger partial charge in [-0.25, -0.2) is 13.4 Å². The van der Waals surface area contributed by atoms with Crippen LogP contribution in [0.1, 0.15) is 0 Å². The van der Waals surface area contributed by atoms with E-state index in [1.54, 1.807) is 18.3 Å². The number of sulfone groups is 1. The van der Waals surface area contributed by atoms with Crippen LogP contribution in [0.15, 0.2) is 33.9 Å². The van der Waals surface area contributed by atoms with E-state index in [2.05, 4.69) is 4.98 Å². The summed E-state index contributed by atoms with van der Waals surface area (Å²) in [6.45, 7) is 0. The van der Waals surface area contributed by atoms with E-state index in [1.807, 2.05) is 0 Å². The molecule has 0 saturated heterocycles. The zero-order chi connectivity index (χ0) is 9.47.